The van der Waals surface area contributed by atoms with Crippen molar-refractivity contribution in [2.24, 2.45) is 0 Å². The molecule has 1 aromatic heterocycles. The van der Waals surface area contributed by atoms with Crippen LogP contribution in [0.25, 0.3) is 10.9 Å². The van der Waals surface area contributed by atoms with Gasteiger partial charge in [0.1, 0.15) is 12.1 Å². The Kier molecular flexibility index (Phi) is 7.56. The highest BCUT2D eigenvalue weighted by molar-refractivity contribution is 5.93. The predicted molar refractivity (Wildman–Crippen MR) is 126 cm³/mol. The first-order valence-corrected chi connectivity index (χ1v) is 11.5. The second-order valence-electron chi connectivity index (χ2n) is 8.34. The van der Waals surface area contributed by atoms with Crippen LogP contribution in [0.3, 0.4) is 0 Å². The number of nitriles is 1. The number of methoxy groups -OCH3 is 1. The number of ether oxygens (including phenoxy) is 2. The third-order valence-corrected chi connectivity index (χ3v) is 5.95. The van der Waals surface area contributed by atoms with E-state index in [2.05, 4.69) is 20.2 Å². The van der Waals surface area contributed by atoms with Crippen molar-refractivity contribution >= 4 is 22.4 Å². The SMILES string of the molecule is COc1cc2c(Nc3ccc(C#N)c(C(F)(F)F)c3)ncnc2cc1OCCCN1CCCCC1. The zero-order valence-electron chi connectivity index (χ0n) is 19.4. The third-order valence-electron chi connectivity index (χ3n) is 5.95. The highest BCUT2D eigenvalue weighted by Crippen LogP contribution is 2.37. The summed E-state index contributed by atoms with van der Waals surface area (Å²) in [6.07, 6.45) is 1.35. The first kappa shape index (κ1) is 24.5. The highest BCUT2D eigenvalue weighted by Gasteiger charge is 2.34. The van der Waals surface area contributed by atoms with E-state index in [4.69, 9.17) is 14.7 Å². The van der Waals surface area contributed by atoms with Gasteiger partial charge in [0.15, 0.2) is 11.5 Å². The van der Waals surface area contributed by atoms with Crippen LogP contribution in [-0.2, 0) is 6.18 Å². The summed E-state index contributed by atoms with van der Waals surface area (Å²) in [6.45, 7) is 3.78. The molecule has 0 atom stereocenters. The number of hydrogen-bond donors (Lipinski definition) is 1. The normalized spacial score (nSPS) is 14.5. The molecular formula is C25H26F3N5O2. The van der Waals surface area contributed by atoms with Crippen LogP contribution in [0.2, 0.25) is 0 Å². The molecule has 0 unspecified atom stereocenters. The Morgan fingerprint density at radius 1 is 1.09 bits per heavy atom. The summed E-state index contributed by atoms with van der Waals surface area (Å²) in [6, 6.07) is 8.44. The molecule has 1 aliphatic heterocycles. The minimum Gasteiger partial charge on any atom is -0.493 e. The molecule has 0 radical (unpaired) electrons. The van der Waals surface area contributed by atoms with Crippen LogP contribution in [0.1, 0.15) is 36.8 Å². The Morgan fingerprint density at radius 3 is 2.60 bits per heavy atom. The number of anilines is 2. The quantitative estimate of drug-likeness (QED) is 0.420. The lowest BCUT2D eigenvalue weighted by molar-refractivity contribution is -0.137. The lowest BCUT2D eigenvalue weighted by Crippen LogP contribution is -2.31. The summed E-state index contributed by atoms with van der Waals surface area (Å²) in [5, 5.41) is 12.5. The van der Waals surface area contributed by atoms with Crippen LogP contribution in [0.15, 0.2) is 36.7 Å². The van der Waals surface area contributed by atoms with Crippen molar-refractivity contribution in [1.29, 1.82) is 5.26 Å². The van der Waals surface area contributed by atoms with Crippen LogP contribution >= 0.6 is 0 Å². The fraction of sp³-hybridized carbons (Fsp3) is 0.400. The van der Waals surface area contributed by atoms with E-state index in [9.17, 15) is 13.2 Å². The maximum absolute atomic E-state index is 13.3. The van der Waals surface area contributed by atoms with Crippen LogP contribution in [0.4, 0.5) is 24.7 Å². The van der Waals surface area contributed by atoms with Gasteiger partial charge in [-0.3, -0.25) is 0 Å². The second-order valence-corrected chi connectivity index (χ2v) is 8.34. The van der Waals surface area contributed by atoms with Gasteiger partial charge >= 0.3 is 6.18 Å². The molecule has 35 heavy (non-hydrogen) atoms. The van der Waals surface area contributed by atoms with Gasteiger partial charge in [0.05, 0.1) is 36.4 Å². The Balaban J connectivity index is 1.53. The molecule has 2 heterocycles. The molecule has 1 aliphatic rings. The van der Waals surface area contributed by atoms with Crippen molar-refractivity contribution in [3.8, 4) is 17.6 Å². The molecule has 0 saturated carbocycles. The molecule has 1 saturated heterocycles. The average Bonchev–Trinajstić information content (AvgIpc) is 2.86. The molecule has 184 valence electrons. The number of halogens is 3. The summed E-state index contributed by atoms with van der Waals surface area (Å²) < 4.78 is 51.5. The van der Waals surface area contributed by atoms with Gasteiger partial charge in [0, 0.05) is 23.7 Å². The topological polar surface area (TPSA) is 83.3 Å². The molecule has 0 amide bonds. The average molecular weight is 486 g/mol. The number of aromatic nitrogens is 2. The molecule has 10 heteroatoms. The van der Waals surface area contributed by atoms with Gasteiger partial charge in [0.25, 0.3) is 0 Å². The van der Waals surface area contributed by atoms with E-state index in [1.54, 1.807) is 18.2 Å². The number of alkyl halides is 3. The minimum atomic E-state index is -4.65. The molecule has 4 rings (SSSR count). The smallest absolute Gasteiger partial charge is 0.417 e. The molecule has 3 aromatic rings. The zero-order valence-corrected chi connectivity index (χ0v) is 19.4. The molecular weight excluding hydrogens is 459 g/mol. The van der Waals surface area contributed by atoms with E-state index in [1.807, 2.05) is 0 Å². The first-order chi connectivity index (χ1) is 16.9. The van der Waals surface area contributed by atoms with E-state index in [-0.39, 0.29) is 5.69 Å². The number of benzene rings is 2. The van der Waals surface area contributed by atoms with Gasteiger partial charge in [0.2, 0.25) is 0 Å². The van der Waals surface area contributed by atoms with Gasteiger partial charge in [-0.05, 0) is 56.6 Å². The molecule has 2 aromatic carbocycles. The summed E-state index contributed by atoms with van der Waals surface area (Å²) in [5.41, 5.74) is -0.757. The van der Waals surface area contributed by atoms with E-state index in [0.717, 1.165) is 38.2 Å². The molecule has 0 spiro atoms. The van der Waals surface area contributed by atoms with Crippen molar-refractivity contribution in [2.45, 2.75) is 31.9 Å². The minimum absolute atomic E-state index is 0.147. The van der Waals surface area contributed by atoms with Crippen LogP contribution in [0.5, 0.6) is 11.5 Å². The van der Waals surface area contributed by atoms with E-state index >= 15 is 0 Å². The molecule has 1 fully saturated rings. The highest BCUT2D eigenvalue weighted by atomic mass is 19.4. The Hall–Kier alpha value is -3.58. The zero-order chi connectivity index (χ0) is 24.8. The molecule has 0 aliphatic carbocycles. The first-order valence-electron chi connectivity index (χ1n) is 11.5. The number of hydrogen-bond acceptors (Lipinski definition) is 7. The summed E-state index contributed by atoms with van der Waals surface area (Å²) in [4.78, 5) is 10.9. The Bertz CT molecular complexity index is 1220. The maximum Gasteiger partial charge on any atom is 0.417 e. The number of piperidine rings is 1. The van der Waals surface area contributed by atoms with Gasteiger partial charge in [-0.25, -0.2) is 9.97 Å². The second kappa shape index (κ2) is 10.8. The third kappa shape index (κ3) is 5.92. The van der Waals surface area contributed by atoms with Crippen molar-refractivity contribution in [1.82, 2.24) is 14.9 Å². The van der Waals surface area contributed by atoms with E-state index < -0.39 is 17.3 Å². The van der Waals surface area contributed by atoms with E-state index in [0.29, 0.717) is 34.8 Å². The summed E-state index contributed by atoms with van der Waals surface area (Å²) in [5.74, 6) is 1.33. The number of nitrogens with one attached hydrogen (secondary N) is 1. The largest absolute Gasteiger partial charge is 0.493 e. The maximum atomic E-state index is 13.3. The lowest BCUT2D eigenvalue weighted by atomic mass is 10.1. The van der Waals surface area contributed by atoms with Gasteiger partial charge in [-0.2, -0.15) is 18.4 Å². The molecule has 0 bridgehead atoms. The van der Waals surface area contributed by atoms with Crippen molar-refractivity contribution in [2.75, 3.05) is 38.7 Å². The number of fused-ring (bicyclic) bond motifs is 1. The fourth-order valence-corrected chi connectivity index (χ4v) is 4.18. The van der Waals surface area contributed by atoms with E-state index in [1.165, 1.54) is 38.8 Å². The Labute approximate surface area is 201 Å². The van der Waals surface area contributed by atoms with Crippen molar-refractivity contribution < 1.29 is 22.6 Å². The van der Waals surface area contributed by atoms with Gasteiger partial charge in [-0.15, -0.1) is 0 Å². The monoisotopic (exact) mass is 485 g/mol. The number of rotatable bonds is 8. The standard InChI is InChI=1S/C25H26F3N5O2/c1-34-22-13-19-21(14-23(22)35-11-5-10-33-8-3-2-4-9-33)30-16-31-24(19)32-18-7-6-17(15-29)20(12-18)25(26,27)28/h6-7,12-14,16H,2-5,8-11H2,1H3,(H,30,31,32). The van der Waals surface area contributed by atoms with Gasteiger partial charge in [-0.1, -0.05) is 6.42 Å². The number of likely N-dealkylation sites (tertiary alicyclic amines) is 1. The van der Waals surface area contributed by atoms with Crippen LogP contribution in [-0.4, -0.2) is 48.2 Å². The van der Waals surface area contributed by atoms with Crippen molar-refractivity contribution in [3.05, 3.63) is 47.8 Å². The molecule has 7 nitrogen and oxygen atoms in total. The van der Waals surface area contributed by atoms with Crippen LogP contribution in [0, 0.1) is 11.3 Å². The molecule has 1 N–H and O–H groups in total. The lowest BCUT2D eigenvalue weighted by Gasteiger charge is -2.26. The van der Waals surface area contributed by atoms with Crippen LogP contribution < -0.4 is 14.8 Å². The number of nitrogens with zero attached hydrogens (tertiary/aromatic N) is 4. The predicted octanol–water partition coefficient (Wildman–Crippen LogP) is 5.53. The summed E-state index contributed by atoms with van der Waals surface area (Å²) in [7, 11) is 1.52. The summed E-state index contributed by atoms with van der Waals surface area (Å²) >= 11 is 0. The van der Waals surface area contributed by atoms with Crippen molar-refractivity contribution in [3.63, 3.8) is 0 Å². The Morgan fingerprint density at radius 2 is 1.89 bits per heavy atom. The fourth-order valence-electron chi connectivity index (χ4n) is 4.18. The van der Waals surface area contributed by atoms with Gasteiger partial charge < -0.3 is 19.7 Å².